The van der Waals surface area contributed by atoms with E-state index in [2.05, 4.69) is 17.6 Å². The van der Waals surface area contributed by atoms with Gasteiger partial charge in [0.25, 0.3) is 0 Å². The first-order valence-corrected chi connectivity index (χ1v) is 11.0. The second-order valence-electron chi connectivity index (χ2n) is 9.08. The summed E-state index contributed by atoms with van der Waals surface area (Å²) in [7, 11) is 1.59. The molecule has 7 nitrogen and oxygen atoms in total. The first-order chi connectivity index (χ1) is 14.4. The van der Waals surface area contributed by atoms with Crippen LogP contribution in [0, 0.1) is 13.8 Å². The molecule has 0 aliphatic carbocycles. The fourth-order valence-electron chi connectivity index (χ4n) is 3.24. The first kappa shape index (κ1) is 26.5. The van der Waals surface area contributed by atoms with Crippen LogP contribution in [0.3, 0.4) is 0 Å². The lowest BCUT2D eigenvalue weighted by molar-refractivity contribution is -0.140. The van der Waals surface area contributed by atoms with E-state index in [1.54, 1.807) is 34.7 Å². The fourth-order valence-corrected chi connectivity index (χ4v) is 3.24. The Kier molecular flexibility index (Phi) is 10.0. The minimum Gasteiger partial charge on any atom is -0.444 e. The lowest BCUT2D eigenvalue weighted by Gasteiger charge is -2.31. The third-order valence-electron chi connectivity index (χ3n) is 4.90. The Balaban J connectivity index is 3.08. The number of nitrogens with one attached hydrogen (secondary N) is 2. The van der Waals surface area contributed by atoms with E-state index < -0.39 is 23.8 Å². The van der Waals surface area contributed by atoms with E-state index in [9.17, 15) is 14.4 Å². The van der Waals surface area contributed by atoms with Crippen molar-refractivity contribution in [2.24, 2.45) is 0 Å². The van der Waals surface area contributed by atoms with Crippen LogP contribution < -0.4 is 10.6 Å². The van der Waals surface area contributed by atoms with Crippen molar-refractivity contribution in [2.75, 3.05) is 13.6 Å². The van der Waals surface area contributed by atoms with Crippen LogP contribution in [0.4, 0.5) is 4.79 Å². The summed E-state index contributed by atoms with van der Waals surface area (Å²) in [6.45, 7) is 13.4. The van der Waals surface area contributed by atoms with E-state index in [1.165, 1.54) is 4.90 Å². The van der Waals surface area contributed by atoms with Crippen LogP contribution >= 0.6 is 0 Å². The normalized spacial score (nSPS) is 13.2. The number of likely N-dealkylation sites (N-methyl/N-ethyl adjacent to an activating group) is 1. The largest absolute Gasteiger partial charge is 0.444 e. The number of aryl methyl sites for hydroxylation is 2. The highest BCUT2D eigenvalue weighted by Crippen LogP contribution is 2.25. The summed E-state index contributed by atoms with van der Waals surface area (Å²) >= 11 is 0. The maximum absolute atomic E-state index is 13.1. The standard InChI is InChI=1S/C24H39N3O4/c1-9-10-11-14-25-21(28)20(19-15-16(2)12-13-17(19)3)27(8)22(29)18(4)26-23(30)31-24(5,6)7/h12-13,15,18,20H,9-11,14H2,1-8H3,(H,25,28)(H,26,30). The topological polar surface area (TPSA) is 87.7 Å². The minimum atomic E-state index is -0.847. The minimum absolute atomic E-state index is 0.231. The molecule has 2 unspecified atom stereocenters. The molecule has 31 heavy (non-hydrogen) atoms. The maximum atomic E-state index is 13.1. The van der Waals surface area contributed by atoms with Gasteiger partial charge in [-0.15, -0.1) is 0 Å². The van der Waals surface area contributed by atoms with Crippen molar-refractivity contribution in [3.05, 3.63) is 34.9 Å². The molecule has 7 heteroatoms. The fraction of sp³-hybridized carbons (Fsp3) is 0.625. The van der Waals surface area contributed by atoms with E-state index in [1.807, 2.05) is 32.0 Å². The van der Waals surface area contributed by atoms with Crippen LogP contribution in [0.5, 0.6) is 0 Å². The van der Waals surface area contributed by atoms with E-state index in [0.717, 1.165) is 36.0 Å². The number of benzene rings is 1. The third kappa shape index (κ3) is 8.59. The smallest absolute Gasteiger partial charge is 0.408 e. The van der Waals surface area contributed by atoms with Gasteiger partial charge in [0.15, 0.2) is 0 Å². The summed E-state index contributed by atoms with van der Waals surface area (Å²) in [4.78, 5) is 39.7. The summed E-state index contributed by atoms with van der Waals surface area (Å²) in [5.41, 5.74) is 2.03. The van der Waals surface area contributed by atoms with Crippen molar-refractivity contribution in [3.8, 4) is 0 Å². The van der Waals surface area contributed by atoms with Gasteiger partial charge >= 0.3 is 6.09 Å². The predicted molar refractivity (Wildman–Crippen MR) is 123 cm³/mol. The number of nitrogens with zero attached hydrogens (tertiary/aromatic N) is 1. The Morgan fingerprint density at radius 3 is 2.35 bits per heavy atom. The highest BCUT2D eigenvalue weighted by molar-refractivity contribution is 5.92. The first-order valence-electron chi connectivity index (χ1n) is 11.0. The maximum Gasteiger partial charge on any atom is 0.408 e. The number of ether oxygens (including phenoxy) is 1. The zero-order valence-electron chi connectivity index (χ0n) is 20.3. The van der Waals surface area contributed by atoms with Crippen LogP contribution in [-0.4, -0.2) is 48.0 Å². The highest BCUT2D eigenvalue weighted by Gasteiger charge is 2.33. The van der Waals surface area contributed by atoms with Gasteiger partial charge in [-0.2, -0.15) is 0 Å². The summed E-state index contributed by atoms with van der Waals surface area (Å²) in [5, 5.41) is 5.53. The number of unbranched alkanes of at least 4 members (excludes halogenated alkanes) is 2. The molecule has 1 aromatic carbocycles. The van der Waals surface area contributed by atoms with Gasteiger partial charge < -0.3 is 20.3 Å². The van der Waals surface area contributed by atoms with Crippen LogP contribution in [0.2, 0.25) is 0 Å². The zero-order chi connectivity index (χ0) is 23.8. The van der Waals surface area contributed by atoms with Crippen molar-refractivity contribution in [2.45, 2.75) is 85.4 Å². The van der Waals surface area contributed by atoms with Crippen LogP contribution in [-0.2, 0) is 14.3 Å². The summed E-state index contributed by atoms with van der Waals surface area (Å²) in [6.07, 6.45) is 2.30. The van der Waals surface area contributed by atoms with E-state index in [-0.39, 0.29) is 11.8 Å². The van der Waals surface area contributed by atoms with Gasteiger partial charge in [0.1, 0.15) is 17.7 Å². The van der Waals surface area contributed by atoms with Gasteiger partial charge in [-0.05, 0) is 59.1 Å². The summed E-state index contributed by atoms with van der Waals surface area (Å²) in [5.74, 6) is -0.606. The van der Waals surface area contributed by atoms with Crippen molar-refractivity contribution in [3.63, 3.8) is 0 Å². The quantitative estimate of drug-likeness (QED) is 0.576. The lowest BCUT2D eigenvalue weighted by atomic mass is 9.96. The molecule has 0 spiro atoms. The average molecular weight is 434 g/mol. The van der Waals surface area contributed by atoms with Crippen LogP contribution in [0.15, 0.2) is 18.2 Å². The van der Waals surface area contributed by atoms with Gasteiger partial charge in [-0.25, -0.2) is 4.79 Å². The zero-order valence-corrected chi connectivity index (χ0v) is 20.3. The van der Waals surface area contributed by atoms with Gasteiger partial charge in [0.05, 0.1) is 0 Å². The molecule has 0 heterocycles. The molecular weight excluding hydrogens is 394 g/mol. The number of hydrogen-bond acceptors (Lipinski definition) is 4. The molecule has 0 saturated carbocycles. The Hall–Kier alpha value is -2.57. The van der Waals surface area contributed by atoms with Gasteiger partial charge in [-0.1, -0.05) is 43.5 Å². The Morgan fingerprint density at radius 1 is 1.13 bits per heavy atom. The van der Waals surface area contributed by atoms with Crippen molar-refractivity contribution >= 4 is 17.9 Å². The molecule has 1 aromatic rings. The molecule has 0 aliphatic heterocycles. The number of carbonyl (C=O) groups excluding carboxylic acids is 3. The Labute approximate surface area is 186 Å². The van der Waals surface area contributed by atoms with Crippen LogP contribution in [0.1, 0.15) is 76.6 Å². The van der Waals surface area contributed by atoms with Crippen molar-refractivity contribution in [1.82, 2.24) is 15.5 Å². The molecule has 0 radical (unpaired) electrons. The molecule has 2 N–H and O–H groups in total. The number of hydrogen-bond donors (Lipinski definition) is 2. The molecule has 0 aromatic heterocycles. The van der Waals surface area contributed by atoms with Gasteiger partial charge in [0.2, 0.25) is 11.8 Å². The number of carbonyl (C=O) groups is 3. The highest BCUT2D eigenvalue weighted by atomic mass is 16.6. The molecule has 0 bridgehead atoms. The number of rotatable bonds is 9. The van der Waals surface area contributed by atoms with Crippen LogP contribution in [0.25, 0.3) is 0 Å². The molecule has 3 amide bonds. The van der Waals surface area contributed by atoms with Crippen molar-refractivity contribution in [1.29, 1.82) is 0 Å². The summed E-state index contributed by atoms with van der Waals surface area (Å²) in [6, 6.07) is 4.21. The molecule has 0 fully saturated rings. The molecule has 1 rings (SSSR count). The molecule has 0 saturated heterocycles. The van der Waals surface area contributed by atoms with Gasteiger partial charge in [-0.3, -0.25) is 9.59 Å². The predicted octanol–water partition coefficient (Wildman–Crippen LogP) is 4.02. The van der Waals surface area contributed by atoms with Gasteiger partial charge in [0, 0.05) is 13.6 Å². The van der Waals surface area contributed by atoms with E-state index in [4.69, 9.17) is 4.74 Å². The number of amides is 3. The Bertz CT molecular complexity index is 771. The second-order valence-corrected chi connectivity index (χ2v) is 9.08. The third-order valence-corrected chi connectivity index (χ3v) is 4.90. The molecule has 174 valence electrons. The molecule has 0 aliphatic rings. The number of alkyl carbamates (subject to hydrolysis) is 1. The second kappa shape index (κ2) is 11.7. The Morgan fingerprint density at radius 2 is 1.77 bits per heavy atom. The lowest BCUT2D eigenvalue weighted by Crippen LogP contribution is -2.50. The molecule has 2 atom stereocenters. The summed E-state index contributed by atoms with van der Waals surface area (Å²) < 4.78 is 5.24. The monoisotopic (exact) mass is 433 g/mol. The SMILES string of the molecule is CCCCCNC(=O)C(c1cc(C)ccc1C)N(C)C(=O)C(C)NC(=O)OC(C)(C)C. The van der Waals surface area contributed by atoms with E-state index in [0.29, 0.717) is 6.54 Å². The average Bonchev–Trinajstić information content (AvgIpc) is 2.65. The molecular formula is C24H39N3O4. The van der Waals surface area contributed by atoms with Crippen molar-refractivity contribution < 1.29 is 19.1 Å². The van der Waals surface area contributed by atoms with E-state index >= 15 is 0 Å².